The molecule has 0 bridgehead atoms. The van der Waals surface area contributed by atoms with Crippen LogP contribution >= 0.6 is 11.3 Å². The summed E-state index contributed by atoms with van der Waals surface area (Å²) in [7, 11) is 0. The summed E-state index contributed by atoms with van der Waals surface area (Å²) in [5, 5.41) is 24.4. The molecule has 37 heavy (non-hydrogen) atoms. The van der Waals surface area contributed by atoms with Crippen LogP contribution in [0.25, 0.3) is 22.0 Å². The number of carboxylic acid groups (broad SMARTS) is 1. The van der Waals surface area contributed by atoms with Crippen molar-refractivity contribution in [3.63, 3.8) is 0 Å². The second-order valence-electron chi connectivity index (χ2n) is 9.39. The van der Waals surface area contributed by atoms with Gasteiger partial charge >= 0.3 is 5.97 Å². The van der Waals surface area contributed by atoms with E-state index in [1.54, 1.807) is 17.4 Å². The fraction of sp³-hybridized carbons (Fsp3) is 0.276. The minimum absolute atomic E-state index is 0.0168. The smallest absolute Gasteiger partial charge is 0.339 e. The van der Waals surface area contributed by atoms with Gasteiger partial charge < -0.3 is 20.0 Å². The number of nitrogens with one attached hydrogen (secondary N) is 2. The Hall–Kier alpha value is -4.09. The molecule has 0 aliphatic heterocycles. The minimum atomic E-state index is -0.911. The second-order valence-corrected chi connectivity index (χ2v) is 10.5. The topological polar surface area (TPSA) is 111 Å². The van der Waals surface area contributed by atoms with Crippen molar-refractivity contribution >= 4 is 40.2 Å². The predicted octanol–water partition coefficient (Wildman–Crippen LogP) is 5.48. The number of aromatic carboxylic acids is 1. The number of aryl methyl sites for hydroxylation is 2. The highest BCUT2D eigenvalue weighted by Gasteiger charge is 2.27. The van der Waals surface area contributed by atoms with Gasteiger partial charge in [-0.1, -0.05) is 18.2 Å². The second kappa shape index (κ2) is 10.1. The van der Waals surface area contributed by atoms with Gasteiger partial charge in [-0.05, 0) is 80.9 Å². The van der Waals surface area contributed by atoms with E-state index in [-0.39, 0.29) is 5.57 Å². The lowest BCUT2D eigenvalue weighted by atomic mass is 9.95. The highest BCUT2D eigenvalue weighted by atomic mass is 32.1. The number of hydrogen-bond donors (Lipinski definition) is 3. The molecular weight excluding hydrogens is 484 g/mol. The van der Waals surface area contributed by atoms with Crippen molar-refractivity contribution in [1.82, 2.24) is 14.9 Å². The van der Waals surface area contributed by atoms with E-state index in [0.29, 0.717) is 23.5 Å². The van der Waals surface area contributed by atoms with E-state index in [4.69, 9.17) is 0 Å². The SMILES string of the molecule is Cc1cc(/C=C(/C#N)C(=O)NCCc2c[nH]c3ccccc23)c(C)n1-c1sc2c(c1C(=O)O)CCCC2. The van der Waals surface area contributed by atoms with E-state index in [2.05, 4.69) is 10.3 Å². The van der Waals surface area contributed by atoms with Crippen LogP contribution in [0.15, 0.2) is 42.1 Å². The first kappa shape index (κ1) is 24.6. The van der Waals surface area contributed by atoms with Gasteiger partial charge in [0.15, 0.2) is 0 Å². The maximum atomic E-state index is 12.8. The van der Waals surface area contributed by atoms with Crippen molar-refractivity contribution in [1.29, 1.82) is 5.26 Å². The third-order valence-corrected chi connectivity index (χ3v) is 8.34. The number of aromatic nitrogens is 2. The molecule has 3 N–H and O–H groups in total. The van der Waals surface area contributed by atoms with Gasteiger partial charge in [0.05, 0.1) is 5.56 Å². The van der Waals surface area contributed by atoms with E-state index >= 15 is 0 Å². The Balaban J connectivity index is 1.38. The van der Waals surface area contributed by atoms with Gasteiger partial charge in [-0.2, -0.15) is 5.26 Å². The molecule has 0 radical (unpaired) electrons. The Labute approximate surface area is 219 Å². The van der Waals surface area contributed by atoms with Crippen molar-refractivity contribution in [2.75, 3.05) is 6.54 Å². The molecule has 0 unspecified atom stereocenters. The molecule has 1 amide bonds. The average molecular weight is 513 g/mol. The first-order valence-electron chi connectivity index (χ1n) is 12.4. The predicted molar refractivity (Wildman–Crippen MR) is 145 cm³/mol. The van der Waals surface area contributed by atoms with Gasteiger partial charge in [-0.15, -0.1) is 11.3 Å². The number of carboxylic acids is 1. The van der Waals surface area contributed by atoms with Crippen LogP contribution in [-0.4, -0.2) is 33.1 Å². The lowest BCUT2D eigenvalue weighted by Crippen LogP contribution is -2.26. The lowest BCUT2D eigenvalue weighted by molar-refractivity contribution is -0.117. The number of hydrogen-bond acceptors (Lipinski definition) is 4. The van der Waals surface area contributed by atoms with Crippen LogP contribution in [0.2, 0.25) is 0 Å². The zero-order chi connectivity index (χ0) is 26.1. The summed E-state index contributed by atoms with van der Waals surface area (Å²) < 4.78 is 1.95. The van der Waals surface area contributed by atoms with Crippen LogP contribution in [0.1, 0.15) is 56.2 Å². The molecule has 1 aromatic carbocycles. The van der Waals surface area contributed by atoms with Crippen molar-refractivity contribution in [2.45, 2.75) is 46.0 Å². The van der Waals surface area contributed by atoms with E-state index < -0.39 is 11.9 Å². The Morgan fingerprint density at radius 3 is 2.81 bits per heavy atom. The Morgan fingerprint density at radius 1 is 1.24 bits per heavy atom. The van der Waals surface area contributed by atoms with Gasteiger partial charge in [-0.25, -0.2) is 4.79 Å². The van der Waals surface area contributed by atoms with Crippen LogP contribution in [0, 0.1) is 25.2 Å². The molecule has 0 saturated carbocycles. The fourth-order valence-electron chi connectivity index (χ4n) is 5.22. The summed E-state index contributed by atoms with van der Waals surface area (Å²) in [4.78, 5) is 29.4. The zero-order valence-corrected chi connectivity index (χ0v) is 21.7. The van der Waals surface area contributed by atoms with Crippen molar-refractivity contribution in [2.24, 2.45) is 0 Å². The maximum Gasteiger partial charge on any atom is 0.339 e. The molecule has 1 aliphatic rings. The van der Waals surface area contributed by atoms with Crippen LogP contribution in [-0.2, 0) is 24.1 Å². The third kappa shape index (κ3) is 4.58. The number of carbonyl (C=O) groups excluding carboxylic acids is 1. The molecular formula is C29H28N4O3S. The van der Waals surface area contributed by atoms with Crippen molar-refractivity contribution < 1.29 is 14.7 Å². The summed E-state index contributed by atoms with van der Waals surface area (Å²) in [6.45, 7) is 4.22. The third-order valence-electron chi connectivity index (χ3n) is 7.06. The van der Waals surface area contributed by atoms with Crippen LogP contribution in [0.5, 0.6) is 0 Å². The Morgan fingerprint density at radius 2 is 2.03 bits per heavy atom. The van der Waals surface area contributed by atoms with Crippen LogP contribution < -0.4 is 5.32 Å². The quantitative estimate of drug-likeness (QED) is 0.225. The molecule has 0 saturated heterocycles. The number of H-pyrrole nitrogens is 1. The van der Waals surface area contributed by atoms with Gasteiger partial charge in [0.25, 0.3) is 5.91 Å². The zero-order valence-electron chi connectivity index (χ0n) is 20.9. The molecule has 4 aromatic rings. The number of amides is 1. The molecule has 5 rings (SSSR count). The lowest BCUT2D eigenvalue weighted by Gasteiger charge is -2.11. The molecule has 188 valence electrons. The number of benzene rings is 1. The first-order chi connectivity index (χ1) is 17.9. The highest BCUT2D eigenvalue weighted by Crippen LogP contribution is 2.39. The molecule has 8 heteroatoms. The standard InChI is InChI=1S/C29H28N4O3S/c1-17-13-20(18(2)33(17)28-26(29(35)36)23-8-4-6-10-25(23)37-28)14-21(15-30)27(34)31-12-11-19-16-32-24-9-5-3-7-22(19)24/h3,5,7,9,13-14,16,32H,4,6,8,10-12H2,1-2H3,(H,31,34)(H,35,36)/b21-14-. The van der Waals surface area contributed by atoms with E-state index in [1.807, 2.05) is 61.0 Å². The number of nitriles is 1. The molecule has 3 heterocycles. The largest absolute Gasteiger partial charge is 0.478 e. The number of aromatic amines is 1. The summed E-state index contributed by atoms with van der Waals surface area (Å²) in [5.41, 5.74) is 5.90. The van der Waals surface area contributed by atoms with Crippen LogP contribution in [0.3, 0.4) is 0 Å². The number of nitrogens with zero attached hydrogens (tertiary/aromatic N) is 2. The Kier molecular flexibility index (Phi) is 6.72. The molecule has 1 aliphatic carbocycles. The summed E-state index contributed by atoms with van der Waals surface area (Å²) in [5.74, 6) is -1.34. The number of rotatable bonds is 7. The van der Waals surface area contributed by atoms with Crippen LogP contribution in [0.4, 0.5) is 0 Å². The monoisotopic (exact) mass is 512 g/mol. The molecule has 3 aromatic heterocycles. The number of thiophene rings is 1. The fourth-order valence-corrected chi connectivity index (χ4v) is 6.72. The van der Waals surface area contributed by atoms with Crippen molar-refractivity contribution in [3.05, 3.63) is 80.6 Å². The average Bonchev–Trinajstić information content (AvgIpc) is 3.55. The summed E-state index contributed by atoms with van der Waals surface area (Å²) >= 11 is 1.54. The normalized spacial score (nSPS) is 13.4. The molecule has 0 spiro atoms. The molecule has 0 atom stereocenters. The number of para-hydroxylation sites is 1. The summed E-state index contributed by atoms with van der Waals surface area (Å²) in [6.07, 6.45) is 7.95. The first-order valence-corrected chi connectivity index (χ1v) is 13.2. The van der Waals surface area contributed by atoms with Gasteiger partial charge in [0, 0.05) is 39.9 Å². The highest BCUT2D eigenvalue weighted by molar-refractivity contribution is 7.15. The van der Waals surface area contributed by atoms with Crippen molar-refractivity contribution in [3.8, 4) is 11.1 Å². The number of fused-ring (bicyclic) bond motifs is 2. The van der Waals surface area contributed by atoms with E-state index in [1.165, 1.54) is 0 Å². The van der Waals surface area contributed by atoms with E-state index in [0.717, 1.165) is 69.5 Å². The van der Waals surface area contributed by atoms with Gasteiger partial charge in [0.2, 0.25) is 0 Å². The summed E-state index contributed by atoms with van der Waals surface area (Å²) in [6, 6.07) is 11.9. The van der Waals surface area contributed by atoms with E-state index in [9.17, 15) is 20.0 Å². The molecule has 7 nitrogen and oxygen atoms in total. The van der Waals surface area contributed by atoms with Gasteiger partial charge in [0.1, 0.15) is 16.6 Å². The molecule has 0 fully saturated rings. The minimum Gasteiger partial charge on any atom is -0.478 e. The number of carbonyl (C=O) groups is 2. The maximum absolute atomic E-state index is 12.8. The van der Waals surface area contributed by atoms with Gasteiger partial charge in [-0.3, -0.25) is 4.79 Å². The Bertz CT molecular complexity index is 1600.